The summed E-state index contributed by atoms with van der Waals surface area (Å²) in [6, 6.07) is 12.3. The second-order valence-electron chi connectivity index (χ2n) is 6.92. The van der Waals surface area contributed by atoms with E-state index in [9.17, 15) is 9.59 Å². The van der Waals surface area contributed by atoms with Crippen molar-refractivity contribution in [1.82, 2.24) is 10.2 Å². The lowest BCUT2D eigenvalue weighted by molar-refractivity contribution is -0.136. The Kier molecular flexibility index (Phi) is 6.37. The van der Waals surface area contributed by atoms with Crippen molar-refractivity contribution >= 4 is 29.1 Å². The highest BCUT2D eigenvalue weighted by atomic mass is 35.5. The number of para-hydroxylation sites is 1. The summed E-state index contributed by atoms with van der Waals surface area (Å²) in [4.78, 5) is 26.9. The zero-order valence-corrected chi connectivity index (χ0v) is 17.0. The van der Waals surface area contributed by atoms with Gasteiger partial charge in [-0.05, 0) is 29.8 Å². The summed E-state index contributed by atoms with van der Waals surface area (Å²) in [5.74, 6) is -0.125. The molecule has 0 aromatic heterocycles. The molecule has 0 bridgehead atoms. The predicted octanol–water partition coefficient (Wildman–Crippen LogP) is 2.20. The van der Waals surface area contributed by atoms with Gasteiger partial charge in [0.05, 0.1) is 30.0 Å². The third-order valence-electron chi connectivity index (χ3n) is 5.05. The maximum Gasteiger partial charge on any atom is 0.313 e. The van der Waals surface area contributed by atoms with E-state index >= 15 is 0 Å². The van der Waals surface area contributed by atoms with Crippen LogP contribution in [-0.2, 0) is 14.3 Å². The minimum Gasteiger partial charge on any atom is -0.454 e. The third kappa shape index (κ3) is 4.67. The van der Waals surface area contributed by atoms with E-state index in [-0.39, 0.29) is 19.4 Å². The summed E-state index contributed by atoms with van der Waals surface area (Å²) in [5, 5.41) is 5.64. The topological polar surface area (TPSA) is 89.1 Å². The van der Waals surface area contributed by atoms with Crippen molar-refractivity contribution in [3.05, 3.63) is 53.1 Å². The molecule has 0 spiro atoms. The van der Waals surface area contributed by atoms with E-state index in [1.54, 1.807) is 24.3 Å². The summed E-state index contributed by atoms with van der Waals surface area (Å²) in [6.07, 6.45) is 0. The normalized spacial score (nSPS) is 16.7. The molecule has 2 aromatic carbocycles. The molecule has 158 valence electrons. The molecule has 1 fully saturated rings. The number of morpholine rings is 1. The number of nitrogens with one attached hydrogen (secondary N) is 2. The molecule has 0 unspecified atom stereocenters. The maximum absolute atomic E-state index is 12.4. The number of rotatable bonds is 5. The van der Waals surface area contributed by atoms with Crippen LogP contribution >= 0.6 is 11.6 Å². The van der Waals surface area contributed by atoms with Crippen molar-refractivity contribution in [3.63, 3.8) is 0 Å². The highest BCUT2D eigenvalue weighted by Crippen LogP contribution is 2.35. The minimum absolute atomic E-state index is 0.138. The number of anilines is 1. The van der Waals surface area contributed by atoms with Crippen molar-refractivity contribution in [2.45, 2.75) is 6.04 Å². The Morgan fingerprint density at radius 3 is 2.60 bits per heavy atom. The Bertz CT molecular complexity index is 933. The summed E-state index contributed by atoms with van der Waals surface area (Å²) in [7, 11) is 0. The van der Waals surface area contributed by atoms with Crippen molar-refractivity contribution in [1.29, 1.82) is 0 Å². The number of amides is 2. The molecular formula is C21H22ClN3O5. The highest BCUT2D eigenvalue weighted by Gasteiger charge is 2.26. The number of carbonyl (C=O) groups excluding carboxylic acids is 2. The van der Waals surface area contributed by atoms with Crippen LogP contribution in [0.3, 0.4) is 0 Å². The highest BCUT2D eigenvalue weighted by molar-refractivity contribution is 6.41. The number of benzene rings is 2. The SMILES string of the molecule is O=C(NC[C@@H](c1ccc2c(c1)OCO2)N1CCOCC1)C(=O)Nc1ccccc1Cl. The molecule has 0 radical (unpaired) electrons. The Morgan fingerprint density at radius 1 is 1.03 bits per heavy atom. The zero-order valence-electron chi connectivity index (χ0n) is 16.2. The van der Waals surface area contributed by atoms with Gasteiger partial charge in [-0.1, -0.05) is 29.8 Å². The van der Waals surface area contributed by atoms with E-state index in [4.69, 9.17) is 25.8 Å². The van der Waals surface area contributed by atoms with Crippen molar-refractivity contribution in [3.8, 4) is 11.5 Å². The molecule has 1 atom stereocenters. The van der Waals surface area contributed by atoms with Gasteiger partial charge in [0, 0.05) is 19.6 Å². The molecule has 8 nitrogen and oxygen atoms in total. The summed E-state index contributed by atoms with van der Waals surface area (Å²) in [5.41, 5.74) is 1.35. The molecular weight excluding hydrogens is 410 g/mol. The molecule has 0 aliphatic carbocycles. The van der Waals surface area contributed by atoms with E-state index in [1.807, 2.05) is 18.2 Å². The number of halogens is 1. The number of ether oxygens (including phenoxy) is 3. The second kappa shape index (κ2) is 9.34. The van der Waals surface area contributed by atoms with E-state index in [1.165, 1.54) is 0 Å². The summed E-state index contributed by atoms with van der Waals surface area (Å²) in [6.45, 7) is 3.12. The predicted molar refractivity (Wildman–Crippen MR) is 111 cm³/mol. The average Bonchev–Trinajstić information content (AvgIpc) is 3.24. The van der Waals surface area contributed by atoms with Gasteiger partial charge in [0.2, 0.25) is 6.79 Å². The van der Waals surface area contributed by atoms with Crippen molar-refractivity contribution < 1.29 is 23.8 Å². The fourth-order valence-corrected chi connectivity index (χ4v) is 3.66. The standard InChI is InChI=1S/C21H22ClN3O5/c22-15-3-1-2-4-16(15)24-21(27)20(26)23-12-17(25-7-9-28-10-8-25)14-5-6-18-19(11-14)30-13-29-18/h1-6,11,17H,7-10,12-13H2,(H,23,26)(H,24,27)/t17-/m0/s1. The van der Waals surface area contributed by atoms with Crippen LogP contribution in [0.15, 0.2) is 42.5 Å². The monoisotopic (exact) mass is 431 g/mol. The average molecular weight is 432 g/mol. The molecule has 30 heavy (non-hydrogen) atoms. The zero-order chi connectivity index (χ0) is 20.9. The number of nitrogens with zero attached hydrogens (tertiary/aromatic N) is 1. The fraction of sp³-hybridized carbons (Fsp3) is 0.333. The van der Waals surface area contributed by atoms with E-state index in [0.29, 0.717) is 35.4 Å². The molecule has 2 N–H and O–H groups in total. The van der Waals surface area contributed by atoms with Crippen LogP contribution in [0, 0.1) is 0 Å². The van der Waals surface area contributed by atoms with Gasteiger partial charge in [0.1, 0.15) is 0 Å². The molecule has 2 heterocycles. The van der Waals surface area contributed by atoms with Crippen LogP contribution in [-0.4, -0.2) is 56.4 Å². The van der Waals surface area contributed by atoms with E-state index in [0.717, 1.165) is 18.7 Å². The Hall–Kier alpha value is -2.81. The minimum atomic E-state index is -0.769. The lowest BCUT2D eigenvalue weighted by Crippen LogP contribution is -2.45. The fourth-order valence-electron chi connectivity index (χ4n) is 3.48. The number of fused-ring (bicyclic) bond motifs is 1. The Labute approximate surface area is 179 Å². The van der Waals surface area contributed by atoms with Crippen LogP contribution in [0.2, 0.25) is 5.02 Å². The van der Waals surface area contributed by atoms with Crippen LogP contribution in [0.1, 0.15) is 11.6 Å². The van der Waals surface area contributed by atoms with Gasteiger partial charge in [-0.15, -0.1) is 0 Å². The van der Waals surface area contributed by atoms with Gasteiger partial charge in [0.15, 0.2) is 11.5 Å². The molecule has 4 rings (SSSR count). The lowest BCUT2D eigenvalue weighted by atomic mass is 10.0. The second-order valence-corrected chi connectivity index (χ2v) is 7.33. The lowest BCUT2D eigenvalue weighted by Gasteiger charge is -2.34. The Balaban J connectivity index is 1.44. The van der Waals surface area contributed by atoms with Gasteiger partial charge in [0.25, 0.3) is 0 Å². The van der Waals surface area contributed by atoms with E-state index < -0.39 is 11.8 Å². The number of hydrogen-bond acceptors (Lipinski definition) is 6. The molecule has 2 aliphatic heterocycles. The van der Waals surface area contributed by atoms with Crippen LogP contribution in [0.25, 0.3) is 0 Å². The van der Waals surface area contributed by atoms with Crippen LogP contribution < -0.4 is 20.1 Å². The number of hydrogen-bond donors (Lipinski definition) is 2. The first-order chi connectivity index (χ1) is 14.6. The molecule has 2 aliphatic rings. The van der Waals surface area contributed by atoms with Gasteiger partial charge in [-0.25, -0.2) is 0 Å². The number of carbonyl (C=O) groups is 2. The van der Waals surface area contributed by atoms with Gasteiger partial charge < -0.3 is 24.8 Å². The van der Waals surface area contributed by atoms with Gasteiger partial charge >= 0.3 is 11.8 Å². The molecule has 1 saturated heterocycles. The molecule has 2 amide bonds. The van der Waals surface area contributed by atoms with Crippen molar-refractivity contribution in [2.24, 2.45) is 0 Å². The first kappa shape index (κ1) is 20.5. The molecule has 9 heteroatoms. The Morgan fingerprint density at radius 2 is 1.80 bits per heavy atom. The summed E-state index contributed by atoms with van der Waals surface area (Å²) < 4.78 is 16.3. The first-order valence-electron chi connectivity index (χ1n) is 9.67. The third-order valence-corrected chi connectivity index (χ3v) is 5.38. The first-order valence-corrected chi connectivity index (χ1v) is 10.0. The van der Waals surface area contributed by atoms with Gasteiger partial charge in [-0.3, -0.25) is 14.5 Å². The summed E-state index contributed by atoms with van der Waals surface area (Å²) >= 11 is 6.04. The van der Waals surface area contributed by atoms with Crippen LogP contribution in [0.5, 0.6) is 11.5 Å². The van der Waals surface area contributed by atoms with Crippen molar-refractivity contribution in [2.75, 3.05) is 45.0 Å². The maximum atomic E-state index is 12.4. The largest absolute Gasteiger partial charge is 0.454 e. The quantitative estimate of drug-likeness (QED) is 0.705. The molecule has 2 aromatic rings. The van der Waals surface area contributed by atoms with Gasteiger partial charge in [-0.2, -0.15) is 0 Å². The smallest absolute Gasteiger partial charge is 0.313 e. The van der Waals surface area contributed by atoms with E-state index in [2.05, 4.69) is 15.5 Å². The van der Waals surface area contributed by atoms with Crippen LogP contribution in [0.4, 0.5) is 5.69 Å². The molecule has 0 saturated carbocycles.